The Balaban J connectivity index is 1.82. The lowest BCUT2D eigenvalue weighted by Crippen LogP contribution is -2.36. The lowest BCUT2D eigenvalue weighted by atomic mass is 9.98. The maximum atomic E-state index is 9.13. The predicted octanol–water partition coefficient (Wildman–Crippen LogP) is 1.23. The van der Waals surface area contributed by atoms with E-state index in [0.717, 1.165) is 37.0 Å². The van der Waals surface area contributed by atoms with Gasteiger partial charge in [-0.3, -0.25) is 0 Å². The molecule has 18 heavy (non-hydrogen) atoms. The van der Waals surface area contributed by atoms with Crippen LogP contribution in [0.3, 0.4) is 0 Å². The highest BCUT2D eigenvalue weighted by Crippen LogP contribution is 2.20. The normalized spacial score (nSPS) is 17.3. The van der Waals surface area contributed by atoms with Gasteiger partial charge in [0.1, 0.15) is 5.52 Å². The summed E-state index contributed by atoms with van der Waals surface area (Å²) < 4.78 is 0. The summed E-state index contributed by atoms with van der Waals surface area (Å²) in [6.45, 7) is 2.07. The zero-order valence-corrected chi connectivity index (χ0v) is 10.2. The zero-order chi connectivity index (χ0) is 12.4. The minimum atomic E-state index is 0.282. The van der Waals surface area contributed by atoms with E-state index in [-0.39, 0.29) is 6.61 Å². The van der Waals surface area contributed by atoms with Crippen LogP contribution < -0.4 is 4.90 Å². The molecule has 1 N–H and O–H groups in total. The van der Waals surface area contributed by atoms with Crippen LogP contribution in [0.4, 0.5) is 5.95 Å². The largest absolute Gasteiger partial charge is 0.396 e. The van der Waals surface area contributed by atoms with E-state index in [1.54, 1.807) is 0 Å². The first kappa shape index (κ1) is 11.3. The third kappa shape index (κ3) is 2.13. The van der Waals surface area contributed by atoms with Crippen molar-refractivity contribution in [2.24, 2.45) is 5.92 Å². The van der Waals surface area contributed by atoms with Crippen LogP contribution in [0, 0.1) is 5.92 Å². The summed E-state index contributed by atoms with van der Waals surface area (Å²) in [7, 11) is 0. The van der Waals surface area contributed by atoms with Gasteiger partial charge in [0.25, 0.3) is 0 Å². The Hall–Kier alpha value is -1.75. The second kappa shape index (κ2) is 4.86. The van der Waals surface area contributed by atoms with Gasteiger partial charge in [-0.25, -0.2) is 4.98 Å². The predicted molar refractivity (Wildman–Crippen MR) is 69.4 cm³/mol. The van der Waals surface area contributed by atoms with E-state index in [9.17, 15) is 0 Å². The van der Waals surface area contributed by atoms with Gasteiger partial charge >= 0.3 is 0 Å². The van der Waals surface area contributed by atoms with Crippen molar-refractivity contribution >= 4 is 17.0 Å². The first-order valence-electron chi connectivity index (χ1n) is 6.32. The summed E-state index contributed by atoms with van der Waals surface area (Å²) in [6.07, 6.45) is 1.99. The Bertz CT molecular complexity index is 537. The number of para-hydroxylation sites is 1. The second-order valence-electron chi connectivity index (χ2n) is 4.71. The van der Waals surface area contributed by atoms with E-state index >= 15 is 0 Å². The van der Waals surface area contributed by atoms with E-state index in [1.807, 2.05) is 24.3 Å². The number of rotatable bonds is 2. The van der Waals surface area contributed by atoms with Crippen LogP contribution in [0.15, 0.2) is 24.3 Å². The Morgan fingerprint density at radius 2 is 1.83 bits per heavy atom. The highest BCUT2D eigenvalue weighted by molar-refractivity contribution is 5.74. The fraction of sp³-hybridized carbons (Fsp3) is 0.462. The van der Waals surface area contributed by atoms with Crippen molar-refractivity contribution in [3.63, 3.8) is 0 Å². The molecule has 0 bridgehead atoms. The maximum absolute atomic E-state index is 9.13. The molecule has 0 unspecified atom stereocenters. The molecule has 1 saturated heterocycles. The van der Waals surface area contributed by atoms with Gasteiger partial charge in [-0.15, -0.1) is 10.2 Å². The number of anilines is 1. The molecule has 5 heteroatoms. The molecule has 0 amide bonds. The van der Waals surface area contributed by atoms with E-state index < -0.39 is 0 Å². The molecule has 1 aliphatic heterocycles. The number of hydrogen-bond donors (Lipinski definition) is 1. The van der Waals surface area contributed by atoms with Crippen molar-refractivity contribution in [1.29, 1.82) is 0 Å². The SMILES string of the molecule is OCC1CCN(c2nnc3ccccc3n2)CC1. The van der Waals surface area contributed by atoms with Crippen molar-refractivity contribution in [2.45, 2.75) is 12.8 Å². The van der Waals surface area contributed by atoms with Gasteiger partial charge < -0.3 is 10.0 Å². The smallest absolute Gasteiger partial charge is 0.245 e. The summed E-state index contributed by atoms with van der Waals surface area (Å²) >= 11 is 0. The van der Waals surface area contributed by atoms with Crippen LogP contribution in [0.2, 0.25) is 0 Å². The van der Waals surface area contributed by atoms with E-state index in [4.69, 9.17) is 5.11 Å². The van der Waals surface area contributed by atoms with Crippen molar-refractivity contribution < 1.29 is 5.11 Å². The molecule has 2 aromatic rings. The van der Waals surface area contributed by atoms with Crippen molar-refractivity contribution in [2.75, 3.05) is 24.6 Å². The molecule has 3 rings (SSSR count). The lowest BCUT2D eigenvalue weighted by Gasteiger charge is -2.30. The molecule has 1 fully saturated rings. The number of aliphatic hydroxyl groups excluding tert-OH is 1. The summed E-state index contributed by atoms with van der Waals surface area (Å²) in [5.74, 6) is 1.12. The first-order valence-corrected chi connectivity index (χ1v) is 6.32. The lowest BCUT2D eigenvalue weighted by molar-refractivity contribution is 0.202. The highest BCUT2D eigenvalue weighted by atomic mass is 16.3. The summed E-state index contributed by atoms with van der Waals surface area (Å²) in [5.41, 5.74) is 1.71. The van der Waals surface area contributed by atoms with Gasteiger partial charge in [-0.05, 0) is 30.9 Å². The molecule has 2 heterocycles. The molecule has 0 aliphatic carbocycles. The molecular formula is C13H16N4O. The number of aliphatic hydroxyl groups is 1. The van der Waals surface area contributed by atoms with Crippen LogP contribution in [0.5, 0.6) is 0 Å². The number of nitrogens with zero attached hydrogens (tertiary/aromatic N) is 4. The molecule has 0 atom stereocenters. The van der Waals surface area contributed by atoms with Crippen molar-refractivity contribution in [1.82, 2.24) is 15.2 Å². The average molecular weight is 244 g/mol. The standard InChI is InChI=1S/C13H16N4O/c18-9-10-5-7-17(8-6-10)13-14-11-3-1-2-4-12(11)15-16-13/h1-4,10,18H,5-9H2. The monoisotopic (exact) mass is 244 g/mol. The molecule has 1 aromatic heterocycles. The Morgan fingerprint density at radius 3 is 2.56 bits per heavy atom. The Morgan fingerprint density at radius 1 is 1.11 bits per heavy atom. The van der Waals surface area contributed by atoms with Gasteiger partial charge in [0.05, 0.1) is 5.52 Å². The summed E-state index contributed by atoms with van der Waals surface area (Å²) in [4.78, 5) is 6.68. The van der Waals surface area contributed by atoms with E-state index in [2.05, 4.69) is 20.1 Å². The number of fused-ring (bicyclic) bond motifs is 1. The van der Waals surface area contributed by atoms with E-state index in [0.29, 0.717) is 11.9 Å². The fourth-order valence-electron chi connectivity index (χ4n) is 2.32. The van der Waals surface area contributed by atoms with Gasteiger partial charge in [0.2, 0.25) is 5.95 Å². The molecule has 0 radical (unpaired) electrons. The number of benzene rings is 1. The number of aromatic nitrogens is 3. The quantitative estimate of drug-likeness (QED) is 0.861. The van der Waals surface area contributed by atoms with Gasteiger partial charge in [0, 0.05) is 19.7 Å². The molecule has 0 saturated carbocycles. The summed E-state index contributed by atoms with van der Waals surface area (Å²) in [6, 6.07) is 7.76. The minimum Gasteiger partial charge on any atom is -0.396 e. The Kier molecular flexibility index (Phi) is 3.06. The number of piperidine rings is 1. The fourth-order valence-corrected chi connectivity index (χ4v) is 2.32. The van der Waals surface area contributed by atoms with Crippen LogP contribution in [-0.2, 0) is 0 Å². The van der Waals surface area contributed by atoms with Crippen LogP contribution in [0.25, 0.3) is 11.0 Å². The highest BCUT2D eigenvalue weighted by Gasteiger charge is 2.20. The third-order valence-corrected chi connectivity index (χ3v) is 3.50. The van der Waals surface area contributed by atoms with Crippen LogP contribution in [0.1, 0.15) is 12.8 Å². The molecule has 0 spiro atoms. The van der Waals surface area contributed by atoms with Gasteiger partial charge in [-0.1, -0.05) is 12.1 Å². The van der Waals surface area contributed by atoms with E-state index in [1.165, 1.54) is 0 Å². The first-order chi connectivity index (χ1) is 8.86. The van der Waals surface area contributed by atoms with Crippen molar-refractivity contribution in [3.05, 3.63) is 24.3 Å². The van der Waals surface area contributed by atoms with Crippen molar-refractivity contribution in [3.8, 4) is 0 Å². The second-order valence-corrected chi connectivity index (χ2v) is 4.71. The van der Waals surface area contributed by atoms with Gasteiger partial charge in [-0.2, -0.15) is 0 Å². The minimum absolute atomic E-state index is 0.282. The molecule has 1 aromatic carbocycles. The Labute approximate surface area is 105 Å². The maximum Gasteiger partial charge on any atom is 0.245 e. The van der Waals surface area contributed by atoms with Gasteiger partial charge in [0.15, 0.2) is 0 Å². The average Bonchev–Trinajstić information content (AvgIpc) is 2.47. The topological polar surface area (TPSA) is 62.1 Å². The third-order valence-electron chi connectivity index (χ3n) is 3.50. The summed E-state index contributed by atoms with van der Waals surface area (Å²) in [5, 5.41) is 17.5. The van der Waals surface area contributed by atoms with Crippen LogP contribution >= 0.6 is 0 Å². The molecule has 94 valence electrons. The number of hydrogen-bond acceptors (Lipinski definition) is 5. The molecule has 1 aliphatic rings. The molecule has 5 nitrogen and oxygen atoms in total. The van der Waals surface area contributed by atoms with Crippen LogP contribution in [-0.4, -0.2) is 40.0 Å². The zero-order valence-electron chi connectivity index (χ0n) is 10.2. The molecular weight excluding hydrogens is 228 g/mol.